The summed E-state index contributed by atoms with van der Waals surface area (Å²) in [6.07, 6.45) is -0.128. The SMILES string of the molecule is N#Cc1cc(Sc2ccc(I)cc2)ccc1CC(=O)O. The fraction of sp³-hybridized carbons (Fsp3) is 0.0667. The molecule has 2 aromatic carbocycles. The molecule has 0 heterocycles. The summed E-state index contributed by atoms with van der Waals surface area (Å²) in [5, 5.41) is 17.9. The van der Waals surface area contributed by atoms with Gasteiger partial charge < -0.3 is 5.11 Å². The first-order valence-electron chi connectivity index (χ1n) is 5.77. The molecule has 1 N–H and O–H groups in total. The molecule has 0 aromatic heterocycles. The van der Waals surface area contributed by atoms with Crippen LogP contribution in [0.2, 0.25) is 0 Å². The molecule has 20 heavy (non-hydrogen) atoms. The maximum absolute atomic E-state index is 10.7. The van der Waals surface area contributed by atoms with E-state index in [1.54, 1.807) is 23.9 Å². The number of hydrogen-bond donors (Lipinski definition) is 1. The number of rotatable bonds is 4. The van der Waals surface area contributed by atoms with E-state index in [9.17, 15) is 4.79 Å². The van der Waals surface area contributed by atoms with Crippen LogP contribution in [-0.4, -0.2) is 11.1 Å². The number of hydrogen-bond acceptors (Lipinski definition) is 3. The van der Waals surface area contributed by atoms with Crippen molar-refractivity contribution in [2.45, 2.75) is 16.2 Å². The molecule has 0 aliphatic carbocycles. The van der Waals surface area contributed by atoms with Gasteiger partial charge in [0, 0.05) is 13.4 Å². The molecule has 0 amide bonds. The number of halogens is 1. The van der Waals surface area contributed by atoms with Crippen LogP contribution in [0.25, 0.3) is 0 Å². The Bertz CT molecular complexity index is 677. The summed E-state index contributed by atoms with van der Waals surface area (Å²) in [5.41, 5.74) is 0.967. The van der Waals surface area contributed by atoms with Crippen molar-refractivity contribution in [3.8, 4) is 6.07 Å². The van der Waals surface area contributed by atoms with E-state index in [0.717, 1.165) is 9.79 Å². The van der Waals surface area contributed by atoms with E-state index < -0.39 is 5.97 Å². The van der Waals surface area contributed by atoms with Gasteiger partial charge >= 0.3 is 5.97 Å². The average molecular weight is 395 g/mol. The van der Waals surface area contributed by atoms with Crippen LogP contribution in [0, 0.1) is 14.9 Å². The standard InChI is InChI=1S/C15H10INO2S/c16-12-2-5-13(6-3-12)20-14-4-1-10(8-15(18)19)11(7-14)9-17/h1-7H,8H2,(H,18,19). The van der Waals surface area contributed by atoms with Crippen LogP contribution >= 0.6 is 34.4 Å². The van der Waals surface area contributed by atoms with E-state index in [1.807, 2.05) is 30.3 Å². The predicted molar refractivity (Wildman–Crippen MR) is 85.8 cm³/mol. The highest BCUT2D eigenvalue weighted by Gasteiger charge is 2.08. The summed E-state index contributed by atoms with van der Waals surface area (Å²) >= 11 is 3.80. The number of nitriles is 1. The summed E-state index contributed by atoms with van der Waals surface area (Å²) in [6, 6.07) is 15.4. The molecule has 2 aromatic rings. The molecule has 0 spiro atoms. The third-order valence-electron chi connectivity index (χ3n) is 2.59. The third kappa shape index (κ3) is 3.99. The first kappa shape index (κ1) is 14.9. The number of carbonyl (C=O) groups is 1. The average Bonchev–Trinajstić information content (AvgIpc) is 2.42. The van der Waals surface area contributed by atoms with Gasteiger partial charge in [-0.2, -0.15) is 5.26 Å². The molecular formula is C15H10INO2S. The highest BCUT2D eigenvalue weighted by atomic mass is 127. The number of aliphatic carboxylic acids is 1. The van der Waals surface area contributed by atoms with Gasteiger partial charge in [0.1, 0.15) is 0 Å². The van der Waals surface area contributed by atoms with Crippen LogP contribution in [0.15, 0.2) is 52.3 Å². The van der Waals surface area contributed by atoms with Gasteiger partial charge in [-0.25, -0.2) is 0 Å². The quantitative estimate of drug-likeness (QED) is 0.797. The second-order valence-electron chi connectivity index (χ2n) is 4.06. The fourth-order valence-electron chi connectivity index (χ4n) is 1.68. The van der Waals surface area contributed by atoms with E-state index in [-0.39, 0.29) is 6.42 Å². The molecule has 100 valence electrons. The van der Waals surface area contributed by atoms with Crippen LogP contribution in [0.3, 0.4) is 0 Å². The molecule has 0 saturated heterocycles. The Hall–Kier alpha value is -1.52. The molecular weight excluding hydrogens is 385 g/mol. The molecule has 0 saturated carbocycles. The maximum atomic E-state index is 10.7. The van der Waals surface area contributed by atoms with Gasteiger partial charge in [-0.15, -0.1) is 0 Å². The van der Waals surface area contributed by atoms with Crippen molar-refractivity contribution in [1.29, 1.82) is 5.26 Å². The van der Waals surface area contributed by atoms with Crippen molar-refractivity contribution in [3.05, 3.63) is 57.2 Å². The zero-order chi connectivity index (χ0) is 14.5. The van der Waals surface area contributed by atoms with Crippen molar-refractivity contribution < 1.29 is 9.90 Å². The largest absolute Gasteiger partial charge is 0.481 e. The predicted octanol–water partition coefficient (Wildman–Crippen LogP) is 3.94. The zero-order valence-electron chi connectivity index (χ0n) is 10.3. The fourth-order valence-corrected chi connectivity index (χ4v) is 2.90. The lowest BCUT2D eigenvalue weighted by atomic mass is 10.1. The summed E-state index contributed by atoms with van der Waals surface area (Å²) in [7, 11) is 0. The van der Waals surface area contributed by atoms with Gasteiger partial charge in [-0.05, 0) is 64.6 Å². The van der Waals surface area contributed by atoms with Crippen molar-refractivity contribution in [2.24, 2.45) is 0 Å². The minimum absolute atomic E-state index is 0.128. The maximum Gasteiger partial charge on any atom is 0.307 e. The topological polar surface area (TPSA) is 61.1 Å². The molecule has 0 aliphatic rings. The van der Waals surface area contributed by atoms with E-state index in [0.29, 0.717) is 11.1 Å². The lowest BCUT2D eigenvalue weighted by Crippen LogP contribution is -2.02. The number of carboxylic acids is 1. The highest BCUT2D eigenvalue weighted by Crippen LogP contribution is 2.29. The smallest absolute Gasteiger partial charge is 0.307 e. The van der Waals surface area contributed by atoms with E-state index in [4.69, 9.17) is 10.4 Å². The Labute approximate surface area is 134 Å². The third-order valence-corrected chi connectivity index (χ3v) is 4.31. The van der Waals surface area contributed by atoms with Crippen molar-refractivity contribution in [1.82, 2.24) is 0 Å². The lowest BCUT2D eigenvalue weighted by Gasteiger charge is -2.05. The first-order chi connectivity index (χ1) is 9.58. The minimum atomic E-state index is -0.931. The summed E-state index contributed by atoms with van der Waals surface area (Å²) in [4.78, 5) is 12.7. The van der Waals surface area contributed by atoms with Crippen LogP contribution in [0.5, 0.6) is 0 Å². The molecule has 0 atom stereocenters. The molecule has 0 aliphatic heterocycles. The van der Waals surface area contributed by atoms with Crippen LogP contribution in [0.1, 0.15) is 11.1 Å². The van der Waals surface area contributed by atoms with Crippen LogP contribution < -0.4 is 0 Å². The van der Waals surface area contributed by atoms with Crippen LogP contribution in [-0.2, 0) is 11.2 Å². The summed E-state index contributed by atoms with van der Waals surface area (Å²) < 4.78 is 1.17. The molecule has 0 unspecified atom stereocenters. The molecule has 3 nitrogen and oxygen atoms in total. The van der Waals surface area contributed by atoms with Gasteiger partial charge in [-0.1, -0.05) is 17.8 Å². The monoisotopic (exact) mass is 395 g/mol. The molecule has 0 radical (unpaired) electrons. The molecule has 5 heteroatoms. The van der Waals surface area contributed by atoms with Gasteiger partial charge in [0.25, 0.3) is 0 Å². The van der Waals surface area contributed by atoms with Crippen molar-refractivity contribution in [3.63, 3.8) is 0 Å². The minimum Gasteiger partial charge on any atom is -0.481 e. The van der Waals surface area contributed by atoms with E-state index in [2.05, 4.69) is 28.7 Å². The Morgan fingerprint density at radius 2 is 1.85 bits per heavy atom. The van der Waals surface area contributed by atoms with Gasteiger partial charge in [0.15, 0.2) is 0 Å². The lowest BCUT2D eigenvalue weighted by molar-refractivity contribution is -0.136. The van der Waals surface area contributed by atoms with Gasteiger partial charge in [0.2, 0.25) is 0 Å². The zero-order valence-corrected chi connectivity index (χ0v) is 13.3. The Kier molecular flexibility index (Phi) is 5.04. The number of nitrogens with zero attached hydrogens (tertiary/aromatic N) is 1. The second kappa shape index (κ2) is 6.77. The van der Waals surface area contributed by atoms with Crippen molar-refractivity contribution in [2.75, 3.05) is 0 Å². The molecule has 0 fully saturated rings. The normalized spacial score (nSPS) is 10.0. The molecule has 2 rings (SSSR count). The first-order valence-corrected chi connectivity index (χ1v) is 7.66. The number of carboxylic acid groups (broad SMARTS) is 1. The van der Waals surface area contributed by atoms with E-state index >= 15 is 0 Å². The Morgan fingerprint density at radius 1 is 1.20 bits per heavy atom. The Morgan fingerprint density at radius 3 is 2.45 bits per heavy atom. The highest BCUT2D eigenvalue weighted by molar-refractivity contribution is 14.1. The van der Waals surface area contributed by atoms with Gasteiger partial charge in [-0.3, -0.25) is 4.79 Å². The second-order valence-corrected chi connectivity index (χ2v) is 6.45. The van der Waals surface area contributed by atoms with E-state index in [1.165, 1.54) is 3.57 Å². The summed E-state index contributed by atoms with van der Waals surface area (Å²) in [5.74, 6) is -0.931. The number of benzene rings is 2. The van der Waals surface area contributed by atoms with Gasteiger partial charge in [0.05, 0.1) is 18.1 Å². The van der Waals surface area contributed by atoms with Crippen LogP contribution in [0.4, 0.5) is 0 Å². The summed E-state index contributed by atoms with van der Waals surface area (Å²) in [6.45, 7) is 0. The molecule has 0 bridgehead atoms. The van der Waals surface area contributed by atoms with Crippen molar-refractivity contribution >= 4 is 40.3 Å². The Balaban J connectivity index is 2.23.